The average Bonchev–Trinajstić information content (AvgIpc) is 3.25. The Labute approximate surface area is 214 Å². The van der Waals surface area contributed by atoms with Crippen LogP contribution in [-0.4, -0.2) is 38.4 Å². The maximum atomic E-state index is 12.7. The highest BCUT2D eigenvalue weighted by molar-refractivity contribution is 5.92. The number of aromatic nitrogens is 3. The molecule has 1 fully saturated rings. The monoisotopic (exact) mass is 486 g/mol. The molecule has 1 aromatic carbocycles. The van der Waals surface area contributed by atoms with Gasteiger partial charge in [-0.15, -0.1) is 0 Å². The number of nitriles is 1. The number of hydrogen-bond acceptors (Lipinski definition) is 5. The molecule has 1 N–H and O–H groups in total. The van der Waals surface area contributed by atoms with Crippen molar-refractivity contribution in [1.82, 2.24) is 19.4 Å². The van der Waals surface area contributed by atoms with Gasteiger partial charge in [-0.2, -0.15) is 5.26 Å². The second-order valence-corrected chi connectivity index (χ2v) is 9.98. The molecule has 0 bridgehead atoms. The van der Waals surface area contributed by atoms with Crippen molar-refractivity contribution < 1.29 is 4.79 Å². The maximum absolute atomic E-state index is 12.7. The van der Waals surface area contributed by atoms with Crippen LogP contribution in [0.5, 0.6) is 0 Å². The Hall–Kier alpha value is -3.24. The van der Waals surface area contributed by atoms with Gasteiger partial charge in [-0.1, -0.05) is 57.7 Å². The standard InChI is InChI=1S/C29H38N6O/c1-3-5-9-22(4-2)12-17-35-26(18-24-20-31-27(19-30)33-28(24)35)21-34-15-13-23(14-16-34)29(36)32-25-10-7-6-8-11-25/h6-8,10-11,18,20,22-23H,3-5,9,12-17,21H2,1-2H3,(H,32,36). The fourth-order valence-electron chi connectivity index (χ4n) is 5.23. The molecule has 7 heteroatoms. The minimum Gasteiger partial charge on any atom is -0.328 e. The van der Waals surface area contributed by atoms with Crippen LogP contribution in [0.15, 0.2) is 42.6 Å². The van der Waals surface area contributed by atoms with Gasteiger partial charge in [0.2, 0.25) is 11.7 Å². The third-order valence-electron chi connectivity index (χ3n) is 7.51. The molecule has 2 aromatic heterocycles. The van der Waals surface area contributed by atoms with Gasteiger partial charge in [-0.05, 0) is 56.5 Å². The topological polar surface area (TPSA) is 86.8 Å². The number of aryl methyl sites for hydroxylation is 1. The van der Waals surface area contributed by atoms with Gasteiger partial charge in [0, 0.05) is 42.0 Å². The van der Waals surface area contributed by atoms with Crippen molar-refractivity contribution in [2.75, 3.05) is 18.4 Å². The first-order chi connectivity index (χ1) is 17.6. The first kappa shape index (κ1) is 25.8. The number of anilines is 1. The van der Waals surface area contributed by atoms with Crippen molar-refractivity contribution in [2.24, 2.45) is 11.8 Å². The molecule has 1 aliphatic heterocycles. The molecule has 3 aromatic rings. The van der Waals surface area contributed by atoms with Crippen molar-refractivity contribution in [3.8, 4) is 6.07 Å². The Kier molecular flexibility index (Phi) is 9.07. The highest BCUT2D eigenvalue weighted by Crippen LogP contribution is 2.26. The third-order valence-corrected chi connectivity index (χ3v) is 7.51. The van der Waals surface area contributed by atoms with Crippen LogP contribution < -0.4 is 5.32 Å². The molecule has 0 aliphatic carbocycles. The van der Waals surface area contributed by atoms with E-state index < -0.39 is 0 Å². The molecule has 36 heavy (non-hydrogen) atoms. The lowest BCUT2D eigenvalue weighted by molar-refractivity contribution is -0.121. The minimum absolute atomic E-state index is 0.0419. The molecule has 1 unspecified atom stereocenters. The second kappa shape index (κ2) is 12.6. The lowest BCUT2D eigenvalue weighted by Crippen LogP contribution is -2.38. The van der Waals surface area contributed by atoms with Crippen molar-refractivity contribution in [1.29, 1.82) is 5.26 Å². The third kappa shape index (κ3) is 6.50. The zero-order chi connectivity index (χ0) is 25.3. The number of likely N-dealkylation sites (tertiary alicyclic amines) is 1. The summed E-state index contributed by atoms with van der Waals surface area (Å²) in [5.41, 5.74) is 2.93. The van der Waals surface area contributed by atoms with Gasteiger partial charge in [0.05, 0.1) is 0 Å². The van der Waals surface area contributed by atoms with Crippen LogP contribution in [0.1, 0.15) is 70.3 Å². The van der Waals surface area contributed by atoms with E-state index >= 15 is 0 Å². The molecular weight excluding hydrogens is 448 g/mol. The highest BCUT2D eigenvalue weighted by Gasteiger charge is 2.26. The fourth-order valence-corrected chi connectivity index (χ4v) is 5.23. The van der Waals surface area contributed by atoms with E-state index in [-0.39, 0.29) is 17.6 Å². The molecule has 1 amide bonds. The minimum atomic E-state index is 0.0419. The largest absolute Gasteiger partial charge is 0.328 e. The number of amides is 1. The summed E-state index contributed by atoms with van der Waals surface area (Å²) in [5.74, 6) is 1.08. The van der Waals surface area contributed by atoms with Crippen molar-refractivity contribution in [3.05, 3.63) is 54.1 Å². The zero-order valence-electron chi connectivity index (χ0n) is 21.6. The summed E-state index contributed by atoms with van der Waals surface area (Å²) in [6, 6.07) is 14.0. The van der Waals surface area contributed by atoms with Gasteiger partial charge < -0.3 is 9.88 Å². The van der Waals surface area contributed by atoms with E-state index in [1.54, 1.807) is 6.20 Å². The van der Waals surface area contributed by atoms with Crippen LogP contribution >= 0.6 is 0 Å². The summed E-state index contributed by atoms with van der Waals surface area (Å²) in [6.45, 7) is 8.02. The summed E-state index contributed by atoms with van der Waals surface area (Å²) in [4.78, 5) is 23.9. The quantitative estimate of drug-likeness (QED) is 0.372. The Bertz CT molecular complexity index is 1170. The molecule has 0 saturated carbocycles. The molecule has 1 atom stereocenters. The van der Waals surface area contributed by atoms with Gasteiger partial charge in [0.15, 0.2) is 0 Å². The molecular formula is C29H38N6O. The summed E-state index contributed by atoms with van der Waals surface area (Å²) >= 11 is 0. The second-order valence-electron chi connectivity index (χ2n) is 9.98. The van der Waals surface area contributed by atoms with E-state index in [1.807, 2.05) is 30.3 Å². The van der Waals surface area contributed by atoms with Crippen LogP contribution in [-0.2, 0) is 17.9 Å². The first-order valence-corrected chi connectivity index (χ1v) is 13.4. The number of unbranched alkanes of at least 4 members (excludes halogenated alkanes) is 1. The lowest BCUT2D eigenvalue weighted by Gasteiger charge is -2.31. The number of rotatable bonds is 11. The van der Waals surface area contributed by atoms with Crippen LogP contribution in [0, 0.1) is 23.2 Å². The summed E-state index contributed by atoms with van der Waals surface area (Å²) in [5, 5.41) is 13.4. The normalized spacial score (nSPS) is 15.6. The molecule has 7 nitrogen and oxygen atoms in total. The van der Waals surface area contributed by atoms with Crippen LogP contribution in [0.4, 0.5) is 5.69 Å². The number of nitrogens with one attached hydrogen (secondary N) is 1. The van der Waals surface area contributed by atoms with Gasteiger partial charge in [-0.25, -0.2) is 9.97 Å². The molecule has 190 valence electrons. The fraction of sp³-hybridized carbons (Fsp3) is 0.517. The number of benzene rings is 1. The number of nitrogens with zero attached hydrogens (tertiary/aromatic N) is 5. The van der Waals surface area contributed by atoms with E-state index in [1.165, 1.54) is 31.4 Å². The van der Waals surface area contributed by atoms with E-state index in [0.29, 0.717) is 5.92 Å². The van der Waals surface area contributed by atoms with E-state index in [0.717, 1.165) is 62.2 Å². The maximum Gasteiger partial charge on any atom is 0.234 e. The molecule has 4 rings (SSSR count). The predicted molar refractivity (Wildman–Crippen MR) is 143 cm³/mol. The SMILES string of the molecule is CCCCC(CC)CCn1c(CN2CCC(C(=O)Nc3ccccc3)CC2)cc2cnc(C#N)nc21. The van der Waals surface area contributed by atoms with Gasteiger partial charge in [0.25, 0.3) is 0 Å². The number of carbonyl (C=O) groups excluding carboxylic acids is 1. The van der Waals surface area contributed by atoms with E-state index in [2.05, 4.69) is 50.7 Å². The smallest absolute Gasteiger partial charge is 0.234 e. The summed E-state index contributed by atoms with van der Waals surface area (Å²) in [6.07, 6.45) is 9.54. The zero-order valence-corrected chi connectivity index (χ0v) is 21.6. The predicted octanol–water partition coefficient (Wildman–Crippen LogP) is 5.76. The average molecular weight is 487 g/mol. The Morgan fingerprint density at radius 2 is 1.97 bits per heavy atom. The number of carbonyl (C=O) groups is 1. The lowest BCUT2D eigenvalue weighted by atomic mass is 9.95. The number of fused-ring (bicyclic) bond motifs is 1. The Morgan fingerprint density at radius 1 is 1.19 bits per heavy atom. The highest BCUT2D eigenvalue weighted by atomic mass is 16.1. The van der Waals surface area contributed by atoms with Crippen molar-refractivity contribution in [2.45, 2.75) is 71.9 Å². The van der Waals surface area contributed by atoms with Crippen LogP contribution in [0.3, 0.4) is 0 Å². The van der Waals surface area contributed by atoms with Crippen molar-refractivity contribution >= 4 is 22.6 Å². The summed E-state index contributed by atoms with van der Waals surface area (Å²) < 4.78 is 2.31. The number of para-hydroxylation sites is 1. The van der Waals surface area contributed by atoms with Gasteiger partial charge in [0.1, 0.15) is 11.7 Å². The molecule has 3 heterocycles. The Balaban J connectivity index is 1.43. The first-order valence-electron chi connectivity index (χ1n) is 13.4. The Morgan fingerprint density at radius 3 is 2.67 bits per heavy atom. The number of hydrogen-bond donors (Lipinski definition) is 1. The summed E-state index contributed by atoms with van der Waals surface area (Å²) in [7, 11) is 0. The van der Waals surface area contributed by atoms with Crippen LogP contribution in [0.25, 0.3) is 11.0 Å². The van der Waals surface area contributed by atoms with Crippen LogP contribution in [0.2, 0.25) is 0 Å². The molecule has 1 aliphatic rings. The van der Waals surface area contributed by atoms with Gasteiger partial charge >= 0.3 is 0 Å². The van der Waals surface area contributed by atoms with Crippen molar-refractivity contribution in [3.63, 3.8) is 0 Å². The molecule has 0 spiro atoms. The van der Waals surface area contributed by atoms with E-state index in [4.69, 9.17) is 0 Å². The molecule has 0 radical (unpaired) electrons. The van der Waals surface area contributed by atoms with E-state index in [9.17, 15) is 10.1 Å². The van der Waals surface area contributed by atoms with Gasteiger partial charge in [-0.3, -0.25) is 9.69 Å². The number of piperidine rings is 1. The molecule has 1 saturated heterocycles.